The number of benzene rings is 1. The number of carbonyl (C=O) groups is 2. The summed E-state index contributed by atoms with van der Waals surface area (Å²) in [5.41, 5.74) is 3.52. The predicted octanol–water partition coefficient (Wildman–Crippen LogP) is 2.02. The smallest absolute Gasteiger partial charge is 0.229 e. The molecule has 1 saturated heterocycles. The number of rotatable bonds is 4. The van der Waals surface area contributed by atoms with Crippen molar-refractivity contribution in [3.63, 3.8) is 0 Å². The lowest BCUT2D eigenvalue weighted by atomic mass is 10.1. The molecule has 6 heteroatoms. The SMILES string of the molecule is Cc1nn(C)c(C)c1NC(=O)C1CC(=O)N(Cc2ccccc2)C1. The molecule has 1 N–H and O–H groups in total. The molecule has 1 aliphatic heterocycles. The molecular weight excluding hydrogens is 304 g/mol. The molecule has 1 fully saturated rings. The number of aromatic nitrogens is 2. The van der Waals surface area contributed by atoms with Gasteiger partial charge in [0.05, 0.1) is 23.0 Å². The van der Waals surface area contributed by atoms with Gasteiger partial charge in [-0.3, -0.25) is 14.3 Å². The lowest BCUT2D eigenvalue weighted by Crippen LogP contribution is -2.28. The van der Waals surface area contributed by atoms with E-state index in [2.05, 4.69) is 10.4 Å². The van der Waals surface area contributed by atoms with E-state index in [9.17, 15) is 9.59 Å². The lowest BCUT2D eigenvalue weighted by Gasteiger charge is -2.16. The Kier molecular flexibility index (Phi) is 4.38. The van der Waals surface area contributed by atoms with E-state index < -0.39 is 0 Å². The van der Waals surface area contributed by atoms with Gasteiger partial charge in [0.1, 0.15) is 0 Å². The maximum atomic E-state index is 12.5. The second-order valence-corrected chi connectivity index (χ2v) is 6.32. The van der Waals surface area contributed by atoms with Crippen LogP contribution >= 0.6 is 0 Å². The van der Waals surface area contributed by atoms with Gasteiger partial charge in [-0.2, -0.15) is 5.10 Å². The van der Waals surface area contributed by atoms with Crippen LogP contribution in [-0.2, 0) is 23.2 Å². The number of nitrogens with one attached hydrogen (secondary N) is 1. The van der Waals surface area contributed by atoms with Crippen molar-refractivity contribution in [3.8, 4) is 0 Å². The summed E-state index contributed by atoms with van der Waals surface area (Å²) in [5, 5.41) is 7.25. The van der Waals surface area contributed by atoms with Gasteiger partial charge < -0.3 is 10.2 Å². The van der Waals surface area contributed by atoms with Gasteiger partial charge >= 0.3 is 0 Å². The zero-order valence-electron chi connectivity index (χ0n) is 14.2. The fourth-order valence-electron chi connectivity index (χ4n) is 3.08. The Labute approximate surface area is 141 Å². The average Bonchev–Trinajstić information content (AvgIpc) is 3.03. The van der Waals surface area contributed by atoms with Crippen molar-refractivity contribution in [1.29, 1.82) is 0 Å². The highest BCUT2D eigenvalue weighted by Gasteiger charge is 2.34. The second kappa shape index (κ2) is 6.47. The molecule has 0 radical (unpaired) electrons. The van der Waals surface area contributed by atoms with E-state index in [1.165, 1.54) is 0 Å². The van der Waals surface area contributed by atoms with Crippen LogP contribution in [0.15, 0.2) is 30.3 Å². The molecule has 0 bridgehead atoms. The second-order valence-electron chi connectivity index (χ2n) is 6.32. The Bertz CT molecular complexity index is 767. The van der Waals surface area contributed by atoms with Crippen molar-refractivity contribution in [2.45, 2.75) is 26.8 Å². The van der Waals surface area contributed by atoms with Gasteiger partial charge in [-0.1, -0.05) is 30.3 Å². The van der Waals surface area contributed by atoms with E-state index in [0.717, 1.165) is 22.6 Å². The standard InChI is InChI=1S/C18H22N4O2/c1-12-17(13(2)21(3)20-12)19-18(24)15-9-16(23)22(11-15)10-14-7-5-4-6-8-14/h4-8,15H,9-11H2,1-3H3,(H,19,24). The quantitative estimate of drug-likeness (QED) is 0.935. The highest BCUT2D eigenvalue weighted by molar-refractivity contribution is 5.97. The van der Waals surface area contributed by atoms with Crippen LogP contribution in [0.2, 0.25) is 0 Å². The van der Waals surface area contributed by atoms with Gasteiger partial charge in [-0.05, 0) is 19.4 Å². The number of anilines is 1. The largest absolute Gasteiger partial charge is 0.338 e. The first-order chi connectivity index (χ1) is 11.5. The molecule has 0 spiro atoms. The van der Waals surface area contributed by atoms with Gasteiger partial charge in [-0.25, -0.2) is 0 Å². The van der Waals surface area contributed by atoms with Crippen LogP contribution in [0.3, 0.4) is 0 Å². The Morgan fingerprint density at radius 1 is 1.29 bits per heavy atom. The van der Waals surface area contributed by atoms with Gasteiger partial charge in [-0.15, -0.1) is 0 Å². The molecule has 1 aromatic heterocycles. The molecule has 2 heterocycles. The maximum Gasteiger partial charge on any atom is 0.229 e. The van der Waals surface area contributed by atoms with Crippen molar-refractivity contribution >= 4 is 17.5 Å². The summed E-state index contributed by atoms with van der Waals surface area (Å²) in [6.45, 7) is 4.79. The fraction of sp³-hybridized carbons (Fsp3) is 0.389. The molecule has 24 heavy (non-hydrogen) atoms. The third-order valence-electron chi connectivity index (χ3n) is 4.56. The van der Waals surface area contributed by atoms with Crippen LogP contribution in [-0.4, -0.2) is 33.0 Å². The first-order valence-electron chi connectivity index (χ1n) is 8.08. The topological polar surface area (TPSA) is 67.2 Å². The van der Waals surface area contributed by atoms with Crippen LogP contribution < -0.4 is 5.32 Å². The first kappa shape index (κ1) is 16.2. The Hall–Kier alpha value is -2.63. The van der Waals surface area contributed by atoms with Crippen LogP contribution in [0.25, 0.3) is 0 Å². The predicted molar refractivity (Wildman–Crippen MR) is 91.3 cm³/mol. The highest BCUT2D eigenvalue weighted by atomic mass is 16.2. The summed E-state index contributed by atoms with van der Waals surface area (Å²) in [6.07, 6.45) is 0.261. The molecule has 3 rings (SSSR count). The van der Waals surface area contributed by atoms with E-state index in [4.69, 9.17) is 0 Å². The molecule has 1 atom stereocenters. The minimum Gasteiger partial charge on any atom is -0.338 e. The number of likely N-dealkylation sites (tertiary alicyclic amines) is 1. The third-order valence-corrected chi connectivity index (χ3v) is 4.56. The van der Waals surface area contributed by atoms with E-state index in [1.54, 1.807) is 9.58 Å². The maximum absolute atomic E-state index is 12.5. The summed E-state index contributed by atoms with van der Waals surface area (Å²) in [4.78, 5) is 26.5. The van der Waals surface area contributed by atoms with Crippen molar-refractivity contribution in [3.05, 3.63) is 47.3 Å². The molecule has 6 nitrogen and oxygen atoms in total. The van der Waals surface area contributed by atoms with Crippen molar-refractivity contribution in [2.75, 3.05) is 11.9 Å². The van der Waals surface area contributed by atoms with E-state index >= 15 is 0 Å². The fourth-order valence-corrected chi connectivity index (χ4v) is 3.08. The van der Waals surface area contributed by atoms with Crippen molar-refractivity contribution in [2.24, 2.45) is 13.0 Å². The molecule has 1 aliphatic rings. The normalized spacial score (nSPS) is 17.4. The van der Waals surface area contributed by atoms with Crippen molar-refractivity contribution in [1.82, 2.24) is 14.7 Å². The van der Waals surface area contributed by atoms with E-state index in [1.807, 2.05) is 51.2 Å². The zero-order chi connectivity index (χ0) is 17.3. The molecule has 1 aromatic carbocycles. The summed E-state index contributed by atoms with van der Waals surface area (Å²) < 4.78 is 1.74. The highest BCUT2D eigenvalue weighted by Crippen LogP contribution is 2.24. The van der Waals surface area contributed by atoms with Crippen LogP contribution in [0.5, 0.6) is 0 Å². The van der Waals surface area contributed by atoms with Gasteiger partial charge in [0.15, 0.2) is 0 Å². The van der Waals surface area contributed by atoms with Crippen LogP contribution in [0.4, 0.5) is 5.69 Å². The molecule has 0 aliphatic carbocycles. The first-order valence-corrected chi connectivity index (χ1v) is 8.08. The molecule has 1 unspecified atom stereocenters. The molecular formula is C18H22N4O2. The summed E-state index contributed by atoms with van der Waals surface area (Å²) in [7, 11) is 1.85. The number of hydrogen-bond donors (Lipinski definition) is 1. The number of hydrogen-bond acceptors (Lipinski definition) is 3. The zero-order valence-corrected chi connectivity index (χ0v) is 14.2. The Morgan fingerprint density at radius 3 is 2.62 bits per heavy atom. The Morgan fingerprint density at radius 2 is 2.00 bits per heavy atom. The van der Waals surface area contributed by atoms with E-state index in [-0.39, 0.29) is 24.2 Å². The molecule has 0 saturated carbocycles. The number of aryl methyl sites for hydroxylation is 2. The molecule has 2 aromatic rings. The third kappa shape index (κ3) is 3.18. The number of amides is 2. The minimum atomic E-state index is -0.319. The average molecular weight is 326 g/mol. The number of carbonyl (C=O) groups excluding carboxylic acids is 2. The summed E-state index contributed by atoms with van der Waals surface area (Å²) in [5.74, 6) is -0.406. The molecule has 126 valence electrons. The Balaban J connectivity index is 1.66. The number of nitrogens with zero attached hydrogens (tertiary/aromatic N) is 3. The van der Waals surface area contributed by atoms with Gasteiger partial charge in [0, 0.05) is 26.6 Å². The van der Waals surface area contributed by atoms with Gasteiger partial charge in [0.25, 0.3) is 0 Å². The van der Waals surface area contributed by atoms with Gasteiger partial charge in [0.2, 0.25) is 11.8 Å². The summed E-state index contributed by atoms with van der Waals surface area (Å²) in [6, 6.07) is 9.83. The summed E-state index contributed by atoms with van der Waals surface area (Å²) >= 11 is 0. The van der Waals surface area contributed by atoms with Crippen LogP contribution in [0, 0.1) is 19.8 Å². The van der Waals surface area contributed by atoms with E-state index in [0.29, 0.717) is 13.1 Å². The van der Waals surface area contributed by atoms with Crippen LogP contribution in [0.1, 0.15) is 23.4 Å². The lowest BCUT2D eigenvalue weighted by molar-refractivity contribution is -0.128. The van der Waals surface area contributed by atoms with Crippen molar-refractivity contribution < 1.29 is 9.59 Å². The molecule has 2 amide bonds. The monoisotopic (exact) mass is 326 g/mol. The minimum absolute atomic E-state index is 0.0265.